The number of carbonyl (C=O) groups excluding carboxylic acids is 1. The lowest BCUT2D eigenvalue weighted by Gasteiger charge is -2.37. The molecular formula is C21H22FN5OS2. The van der Waals surface area contributed by atoms with Gasteiger partial charge in [-0.15, -0.1) is 24.0 Å². The molecule has 156 valence electrons. The van der Waals surface area contributed by atoms with E-state index in [-0.39, 0.29) is 17.6 Å². The Hall–Kier alpha value is -2.49. The minimum atomic E-state index is -0.422. The van der Waals surface area contributed by atoms with E-state index in [1.807, 2.05) is 6.07 Å². The highest BCUT2D eigenvalue weighted by molar-refractivity contribution is 7.80. The largest absolute Gasteiger partial charge is 0.368 e. The van der Waals surface area contributed by atoms with Crippen LogP contribution in [-0.2, 0) is 0 Å². The summed E-state index contributed by atoms with van der Waals surface area (Å²) < 4.78 is 14.2. The van der Waals surface area contributed by atoms with Gasteiger partial charge in [0.05, 0.1) is 23.1 Å². The third-order valence-corrected chi connectivity index (χ3v) is 6.25. The van der Waals surface area contributed by atoms with Gasteiger partial charge >= 0.3 is 0 Å². The fourth-order valence-electron chi connectivity index (χ4n) is 3.76. The smallest absolute Gasteiger partial charge is 0.275 e. The second-order valence-electron chi connectivity index (χ2n) is 7.52. The molecule has 1 aliphatic heterocycles. The van der Waals surface area contributed by atoms with Crippen molar-refractivity contribution in [1.82, 2.24) is 9.97 Å². The molecule has 2 aromatic heterocycles. The van der Waals surface area contributed by atoms with E-state index < -0.39 is 5.82 Å². The standard InChI is InChI=1S/C21H22FN5OS2/c1-12-7-13(23)10-27(9-12)17-5-6-24-8-15(17)25-20(28)16-11-30-21(26-16)19-14(22)3-2-4-18(19)29/h2-6,8,11-13,29H,7,9-10,23H2,1H3,(H,25,28)/t12-,13+/m1/s1. The number of benzene rings is 1. The van der Waals surface area contributed by atoms with Crippen LogP contribution in [0, 0.1) is 11.7 Å². The number of nitrogens with two attached hydrogens (primary N) is 1. The molecule has 0 bridgehead atoms. The van der Waals surface area contributed by atoms with Crippen LogP contribution in [0.4, 0.5) is 15.8 Å². The average Bonchev–Trinajstić information content (AvgIpc) is 3.17. The summed E-state index contributed by atoms with van der Waals surface area (Å²) in [6.45, 7) is 3.75. The zero-order chi connectivity index (χ0) is 21.3. The molecule has 0 aliphatic carbocycles. The van der Waals surface area contributed by atoms with Crippen molar-refractivity contribution in [3.05, 3.63) is 53.6 Å². The van der Waals surface area contributed by atoms with Crippen molar-refractivity contribution in [3.8, 4) is 10.6 Å². The van der Waals surface area contributed by atoms with Gasteiger partial charge in [0.25, 0.3) is 5.91 Å². The number of piperidine rings is 1. The number of hydrogen-bond acceptors (Lipinski definition) is 7. The van der Waals surface area contributed by atoms with Crippen molar-refractivity contribution in [2.75, 3.05) is 23.3 Å². The van der Waals surface area contributed by atoms with E-state index in [0.29, 0.717) is 27.1 Å². The van der Waals surface area contributed by atoms with Crippen LogP contribution in [-0.4, -0.2) is 35.0 Å². The molecule has 0 saturated carbocycles. The number of thiol groups is 1. The maximum atomic E-state index is 14.2. The summed E-state index contributed by atoms with van der Waals surface area (Å²) in [6, 6.07) is 6.58. The van der Waals surface area contributed by atoms with E-state index in [2.05, 4.69) is 39.7 Å². The van der Waals surface area contributed by atoms with Gasteiger partial charge < -0.3 is 16.0 Å². The van der Waals surface area contributed by atoms with Crippen molar-refractivity contribution < 1.29 is 9.18 Å². The molecule has 6 nitrogen and oxygen atoms in total. The number of rotatable bonds is 4. The van der Waals surface area contributed by atoms with Crippen LogP contribution < -0.4 is 16.0 Å². The van der Waals surface area contributed by atoms with E-state index >= 15 is 0 Å². The number of nitrogens with zero attached hydrogens (tertiary/aromatic N) is 3. The Morgan fingerprint density at radius 1 is 1.37 bits per heavy atom. The van der Waals surface area contributed by atoms with Crippen molar-refractivity contribution in [3.63, 3.8) is 0 Å². The molecule has 9 heteroatoms. The molecule has 3 heterocycles. The van der Waals surface area contributed by atoms with E-state index in [4.69, 9.17) is 5.73 Å². The van der Waals surface area contributed by atoms with Gasteiger partial charge in [-0.05, 0) is 30.5 Å². The SMILES string of the molecule is C[C@@H]1C[C@H](N)CN(c2ccncc2NC(=O)c2csc(-c3c(F)cccc3S)n2)C1. The highest BCUT2D eigenvalue weighted by Crippen LogP contribution is 2.33. The molecule has 0 spiro atoms. The summed E-state index contributed by atoms with van der Waals surface area (Å²) >= 11 is 5.51. The number of anilines is 2. The van der Waals surface area contributed by atoms with Crippen LogP contribution in [0.25, 0.3) is 10.6 Å². The first-order chi connectivity index (χ1) is 14.4. The summed E-state index contributed by atoms with van der Waals surface area (Å²) in [5.74, 6) is -0.338. The monoisotopic (exact) mass is 443 g/mol. The van der Waals surface area contributed by atoms with Gasteiger partial charge in [0, 0.05) is 35.6 Å². The summed E-state index contributed by atoms with van der Waals surface area (Å²) in [5.41, 5.74) is 8.17. The highest BCUT2D eigenvalue weighted by atomic mass is 32.1. The van der Waals surface area contributed by atoms with Crippen molar-refractivity contribution in [2.45, 2.75) is 24.3 Å². The molecule has 1 fully saturated rings. The van der Waals surface area contributed by atoms with Gasteiger partial charge in [-0.2, -0.15) is 0 Å². The predicted molar refractivity (Wildman–Crippen MR) is 121 cm³/mol. The van der Waals surface area contributed by atoms with E-state index in [1.165, 1.54) is 17.4 Å². The predicted octanol–water partition coefficient (Wildman–Crippen LogP) is 4.06. The Balaban J connectivity index is 1.57. The van der Waals surface area contributed by atoms with Gasteiger partial charge in [0.2, 0.25) is 0 Å². The third kappa shape index (κ3) is 4.33. The lowest BCUT2D eigenvalue weighted by molar-refractivity contribution is 0.102. The van der Waals surface area contributed by atoms with Crippen LogP contribution in [0.15, 0.2) is 46.9 Å². The molecule has 30 heavy (non-hydrogen) atoms. The van der Waals surface area contributed by atoms with Crippen molar-refractivity contribution in [1.29, 1.82) is 0 Å². The Bertz CT molecular complexity index is 1040. The Morgan fingerprint density at radius 3 is 2.97 bits per heavy atom. The molecule has 3 N–H and O–H groups in total. The number of nitrogens with one attached hydrogen (secondary N) is 1. The van der Waals surface area contributed by atoms with Gasteiger partial charge in [-0.3, -0.25) is 9.78 Å². The van der Waals surface area contributed by atoms with Crippen LogP contribution in [0.3, 0.4) is 0 Å². The van der Waals surface area contributed by atoms with Gasteiger partial charge in [-0.1, -0.05) is 13.0 Å². The lowest BCUT2D eigenvalue weighted by atomic mass is 9.96. The second-order valence-corrected chi connectivity index (χ2v) is 8.86. The molecular weight excluding hydrogens is 421 g/mol. The molecule has 3 aromatic rings. The molecule has 0 unspecified atom stereocenters. The summed E-state index contributed by atoms with van der Waals surface area (Å²) in [6.07, 6.45) is 4.30. The fourth-order valence-corrected chi connectivity index (χ4v) is 4.99. The van der Waals surface area contributed by atoms with Gasteiger partial charge in [-0.25, -0.2) is 9.37 Å². The number of aromatic nitrogens is 2. The number of pyridine rings is 1. The number of carbonyl (C=O) groups is 1. The van der Waals surface area contributed by atoms with E-state index in [0.717, 1.165) is 25.2 Å². The first kappa shape index (κ1) is 20.8. The van der Waals surface area contributed by atoms with E-state index in [9.17, 15) is 9.18 Å². The van der Waals surface area contributed by atoms with E-state index in [1.54, 1.807) is 29.9 Å². The summed E-state index contributed by atoms with van der Waals surface area (Å²) in [7, 11) is 0. The average molecular weight is 444 g/mol. The third-order valence-electron chi connectivity index (χ3n) is 5.02. The number of hydrogen-bond donors (Lipinski definition) is 3. The molecule has 4 rings (SSSR count). The number of thiazole rings is 1. The Morgan fingerprint density at radius 2 is 2.20 bits per heavy atom. The maximum Gasteiger partial charge on any atom is 0.275 e. The van der Waals surface area contributed by atoms with Gasteiger partial charge in [0.1, 0.15) is 16.5 Å². The summed E-state index contributed by atoms with van der Waals surface area (Å²) in [4.78, 5) is 24.0. The Labute approximate surface area is 183 Å². The zero-order valence-electron chi connectivity index (χ0n) is 16.4. The quantitative estimate of drug-likeness (QED) is 0.530. The van der Waals surface area contributed by atoms with Crippen LogP contribution in [0.2, 0.25) is 0 Å². The molecule has 0 radical (unpaired) electrons. The lowest BCUT2D eigenvalue weighted by Crippen LogP contribution is -2.46. The topological polar surface area (TPSA) is 84.1 Å². The summed E-state index contributed by atoms with van der Waals surface area (Å²) in [5, 5.41) is 4.91. The molecule has 1 aliphatic rings. The number of halogens is 1. The van der Waals surface area contributed by atoms with Crippen LogP contribution >= 0.6 is 24.0 Å². The molecule has 1 saturated heterocycles. The Kier molecular flexibility index (Phi) is 6.03. The normalized spacial score (nSPS) is 19.0. The number of amides is 1. The van der Waals surface area contributed by atoms with Crippen LogP contribution in [0.1, 0.15) is 23.8 Å². The van der Waals surface area contributed by atoms with Crippen LogP contribution in [0.5, 0.6) is 0 Å². The van der Waals surface area contributed by atoms with Gasteiger partial charge in [0.15, 0.2) is 0 Å². The first-order valence-corrected chi connectivity index (χ1v) is 10.9. The van der Waals surface area contributed by atoms with Crippen molar-refractivity contribution in [2.24, 2.45) is 11.7 Å². The molecule has 2 atom stereocenters. The second kappa shape index (κ2) is 8.71. The minimum Gasteiger partial charge on any atom is -0.368 e. The first-order valence-electron chi connectivity index (χ1n) is 9.61. The maximum absolute atomic E-state index is 14.2. The van der Waals surface area contributed by atoms with Crippen molar-refractivity contribution >= 4 is 41.2 Å². The zero-order valence-corrected chi connectivity index (χ0v) is 18.1. The minimum absolute atomic E-state index is 0.0859. The highest BCUT2D eigenvalue weighted by Gasteiger charge is 2.25. The molecule has 1 amide bonds. The molecule has 1 aromatic carbocycles. The fraction of sp³-hybridized carbons (Fsp3) is 0.286.